The van der Waals surface area contributed by atoms with Crippen molar-refractivity contribution in [3.63, 3.8) is 0 Å². The quantitative estimate of drug-likeness (QED) is 0.838. The van der Waals surface area contributed by atoms with E-state index in [1.807, 2.05) is 25.7 Å². The van der Waals surface area contributed by atoms with Crippen LogP contribution in [0.3, 0.4) is 0 Å². The first kappa shape index (κ1) is 20.1. The van der Waals surface area contributed by atoms with E-state index in [1.165, 1.54) is 12.1 Å². The molecular formula is C19H26F2N2O3. The van der Waals surface area contributed by atoms with Gasteiger partial charge in [0.05, 0.1) is 6.04 Å². The maximum atomic E-state index is 12.5. The van der Waals surface area contributed by atoms with E-state index in [0.29, 0.717) is 25.9 Å². The third kappa shape index (κ3) is 5.41. The van der Waals surface area contributed by atoms with Gasteiger partial charge < -0.3 is 15.0 Å². The zero-order valence-electron chi connectivity index (χ0n) is 15.4. The molecule has 1 unspecified atom stereocenters. The van der Waals surface area contributed by atoms with Gasteiger partial charge in [0.1, 0.15) is 5.75 Å². The van der Waals surface area contributed by atoms with Gasteiger partial charge in [-0.05, 0) is 37.5 Å². The average Bonchev–Trinajstić information content (AvgIpc) is 2.61. The molecule has 1 N–H and O–H groups in total. The highest BCUT2D eigenvalue weighted by Gasteiger charge is 2.28. The van der Waals surface area contributed by atoms with Gasteiger partial charge in [0, 0.05) is 24.9 Å². The molecule has 2 amide bonds. The average molecular weight is 368 g/mol. The summed E-state index contributed by atoms with van der Waals surface area (Å²) >= 11 is 0. The number of piperidine rings is 1. The van der Waals surface area contributed by atoms with Crippen LogP contribution < -0.4 is 10.1 Å². The molecule has 1 atom stereocenters. The van der Waals surface area contributed by atoms with E-state index in [1.54, 1.807) is 12.1 Å². The van der Waals surface area contributed by atoms with Gasteiger partial charge in [-0.25, -0.2) is 0 Å². The topological polar surface area (TPSA) is 58.6 Å². The van der Waals surface area contributed by atoms with E-state index in [4.69, 9.17) is 0 Å². The fraction of sp³-hybridized carbons (Fsp3) is 0.579. The number of nitrogens with one attached hydrogen (secondary N) is 1. The van der Waals surface area contributed by atoms with Crippen LogP contribution in [0.4, 0.5) is 8.78 Å². The molecule has 1 aromatic carbocycles. The lowest BCUT2D eigenvalue weighted by Gasteiger charge is -2.33. The molecule has 0 bridgehead atoms. The number of hydrogen-bond acceptors (Lipinski definition) is 3. The number of amides is 2. The van der Waals surface area contributed by atoms with E-state index in [2.05, 4.69) is 10.1 Å². The van der Waals surface area contributed by atoms with Crippen LogP contribution in [0.5, 0.6) is 5.75 Å². The largest absolute Gasteiger partial charge is 0.435 e. The van der Waals surface area contributed by atoms with Crippen molar-refractivity contribution in [3.05, 3.63) is 29.8 Å². The number of carbonyl (C=O) groups excluding carboxylic acids is 2. The number of likely N-dealkylation sites (tertiary alicyclic amines) is 1. The Morgan fingerprint density at radius 1 is 1.12 bits per heavy atom. The molecule has 5 nitrogen and oxygen atoms in total. The SMILES string of the molecule is CC(C)C(=O)N1CCC(C(=O)NC(C)c2ccc(OC(F)F)cc2)CC1. The van der Waals surface area contributed by atoms with E-state index >= 15 is 0 Å². The van der Waals surface area contributed by atoms with Gasteiger partial charge in [0.25, 0.3) is 0 Å². The van der Waals surface area contributed by atoms with Crippen LogP contribution in [0.25, 0.3) is 0 Å². The monoisotopic (exact) mass is 368 g/mol. The Labute approximate surface area is 152 Å². The summed E-state index contributed by atoms with van der Waals surface area (Å²) in [5, 5.41) is 2.96. The van der Waals surface area contributed by atoms with Crippen molar-refractivity contribution in [2.24, 2.45) is 11.8 Å². The Balaban J connectivity index is 1.85. The summed E-state index contributed by atoms with van der Waals surface area (Å²) in [6.45, 7) is 3.94. The smallest absolute Gasteiger partial charge is 0.387 e. The van der Waals surface area contributed by atoms with Crippen LogP contribution in [0.2, 0.25) is 0 Å². The Bertz CT molecular complexity index is 612. The molecule has 1 fully saturated rings. The molecule has 2 rings (SSSR count). The molecule has 0 spiro atoms. The number of benzene rings is 1. The molecule has 1 heterocycles. The summed E-state index contributed by atoms with van der Waals surface area (Å²) in [4.78, 5) is 26.3. The molecular weight excluding hydrogens is 342 g/mol. The van der Waals surface area contributed by atoms with Crippen molar-refractivity contribution < 1.29 is 23.1 Å². The standard InChI is InChI=1S/C19H26F2N2O3/c1-12(2)18(25)23-10-8-15(9-11-23)17(24)22-13(3)14-4-6-16(7-5-14)26-19(20)21/h4-7,12-13,15,19H,8-11H2,1-3H3,(H,22,24). The first-order valence-corrected chi connectivity index (χ1v) is 8.92. The van der Waals surface area contributed by atoms with Gasteiger partial charge in [0.15, 0.2) is 0 Å². The minimum Gasteiger partial charge on any atom is -0.435 e. The van der Waals surface area contributed by atoms with Crippen molar-refractivity contribution in [1.29, 1.82) is 0 Å². The first-order valence-electron chi connectivity index (χ1n) is 8.92. The fourth-order valence-electron chi connectivity index (χ4n) is 3.08. The summed E-state index contributed by atoms with van der Waals surface area (Å²) < 4.78 is 28.7. The van der Waals surface area contributed by atoms with Crippen LogP contribution >= 0.6 is 0 Å². The predicted octanol–water partition coefficient (Wildman–Crippen LogP) is 3.36. The van der Waals surface area contributed by atoms with E-state index < -0.39 is 6.61 Å². The summed E-state index contributed by atoms with van der Waals surface area (Å²) in [5.41, 5.74) is 0.812. The summed E-state index contributed by atoms with van der Waals surface area (Å²) in [7, 11) is 0. The highest BCUT2D eigenvalue weighted by Crippen LogP contribution is 2.22. The fourth-order valence-corrected chi connectivity index (χ4v) is 3.08. The predicted molar refractivity (Wildman–Crippen MR) is 93.8 cm³/mol. The molecule has 0 aliphatic carbocycles. The molecule has 0 saturated carbocycles. The van der Waals surface area contributed by atoms with Crippen molar-refractivity contribution in [2.75, 3.05) is 13.1 Å². The molecule has 1 aliphatic heterocycles. The molecule has 7 heteroatoms. The minimum absolute atomic E-state index is 0.0302. The lowest BCUT2D eigenvalue weighted by Crippen LogP contribution is -2.44. The lowest BCUT2D eigenvalue weighted by atomic mass is 9.94. The first-order chi connectivity index (χ1) is 12.3. The van der Waals surface area contributed by atoms with Gasteiger partial charge in [-0.1, -0.05) is 26.0 Å². The highest BCUT2D eigenvalue weighted by molar-refractivity contribution is 5.81. The van der Waals surface area contributed by atoms with Gasteiger partial charge in [-0.15, -0.1) is 0 Å². The number of rotatable bonds is 6. The number of ether oxygens (including phenoxy) is 1. The number of nitrogens with zero attached hydrogens (tertiary/aromatic N) is 1. The van der Waals surface area contributed by atoms with Crippen LogP contribution in [-0.2, 0) is 9.59 Å². The second-order valence-corrected chi connectivity index (χ2v) is 6.93. The number of halogens is 2. The molecule has 1 aliphatic rings. The van der Waals surface area contributed by atoms with Crippen molar-refractivity contribution in [2.45, 2.75) is 46.3 Å². The normalized spacial score (nSPS) is 16.7. The Kier molecular flexibility index (Phi) is 6.94. The third-order valence-corrected chi connectivity index (χ3v) is 4.64. The number of hydrogen-bond donors (Lipinski definition) is 1. The lowest BCUT2D eigenvalue weighted by molar-refractivity contribution is -0.138. The Morgan fingerprint density at radius 2 is 1.69 bits per heavy atom. The van der Waals surface area contributed by atoms with Gasteiger partial charge in [-0.2, -0.15) is 8.78 Å². The maximum Gasteiger partial charge on any atom is 0.387 e. The summed E-state index contributed by atoms with van der Waals surface area (Å²) in [6.07, 6.45) is 1.30. The van der Waals surface area contributed by atoms with E-state index in [-0.39, 0.29) is 35.4 Å². The zero-order chi connectivity index (χ0) is 19.3. The second kappa shape index (κ2) is 8.96. The van der Waals surface area contributed by atoms with Crippen LogP contribution in [0.15, 0.2) is 24.3 Å². The summed E-state index contributed by atoms with van der Waals surface area (Å²) in [5.74, 6) is 0.0300. The zero-order valence-corrected chi connectivity index (χ0v) is 15.4. The molecule has 144 valence electrons. The number of carbonyl (C=O) groups is 2. The molecule has 1 aromatic rings. The van der Waals surface area contributed by atoms with Crippen molar-refractivity contribution >= 4 is 11.8 Å². The van der Waals surface area contributed by atoms with Crippen LogP contribution in [-0.4, -0.2) is 36.4 Å². The van der Waals surface area contributed by atoms with Gasteiger partial charge in [0.2, 0.25) is 11.8 Å². The van der Waals surface area contributed by atoms with E-state index in [9.17, 15) is 18.4 Å². The molecule has 0 aromatic heterocycles. The molecule has 1 saturated heterocycles. The Hall–Kier alpha value is -2.18. The highest BCUT2D eigenvalue weighted by atomic mass is 19.3. The minimum atomic E-state index is -2.86. The van der Waals surface area contributed by atoms with Crippen molar-refractivity contribution in [1.82, 2.24) is 10.2 Å². The number of alkyl halides is 2. The molecule has 0 radical (unpaired) electrons. The Morgan fingerprint density at radius 3 is 2.19 bits per heavy atom. The maximum absolute atomic E-state index is 12.5. The van der Waals surface area contributed by atoms with Crippen LogP contribution in [0.1, 0.15) is 45.2 Å². The summed E-state index contributed by atoms with van der Waals surface area (Å²) in [6, 6.07) is 6.00. The molecule has 26 heavy (non-hydrogen) atoms. The second-order valence-electron chi connectivity index (χ2n) is 6.93. The van der Waals surface area contributed by atoms with Gasteiger partial charge >= 0.3 is 6.61 Å². The third-order valence-electron chi connectivity index (χ3n) is 4.64. The van der Waals surface area contributed by atoms with Gasteiger partial charge in [-0.3, -0.25) is 9.59 Å². The van der Waals surface area contributed by atoms with E-state index in [0.717, 1.165) is 5.56 Å². The van der Waals surface area contributed by atoms with Crippen molar-refractivity contribution in [3.8, 4) is 5.75 Å². The van der Waals surface area contributed by atoms with Crippen LogP contribution in [0, 0.1) is 11.8 Å².